The molecule has 4 aliphatic carbocycles. The van der Waals surface area contributed by atoms with Gasteiger partial charge in [0.05, 0.1) is 13.3 Å². The zero-order valence-corrected chi connectivity index (χ0v) is 32.6. The van der Waals surface area contributed by atoms with Crippen molar-refractivity contribution in [3.63, 3.8) is 0 Å². The number of nitrogens with zero attached hydrogens (tertiary/aromatic N) is 6. The fourth-order valence-corrected chi connectivity index (χ4v) is 12.6. The molecule has 0 saturated heterocycles. The minimum atomic E-state index is -1.10. The molecule has 4 aromatic rings. The van der Waals surface area contributed by atoms with Gasteiger partial charge in [0.1, 0.15) is 11.6 Å². The van der Waals surface area contributed by atoms with E-state index < -0.39 is 5.97 Å². The first-order chi connectivity index (χ1) is 25.2. The highest BCUT2D eigenvalue weighted by molar-refractivity contribution is 6.30. The Hall–Kier alpha value is -4.02. The van der Waals surface area contributed by atoms with E-state index in [1.165, 1.54) is 32.1 Å². The summed E-state index contributed by atoms with van der Waals surface area (Å²) in [6.07, 6.45) is 12.7. The summed E-state index contributed by atoms with van der Waals surface area (Å²) in [6.45, 7) is 12.7. The Morgan fingerprint density at radius 1 is 0.925 bits per heavy atom. The number of hydrogen-bond donors (Lipinski definition) is 2. The predicted molar refractivity (Wildman–Crippen MR) is 206 cm³/mol. The van der Waals surface area contributed by atoms with E-state index in [9.17, 15) is 15.0 Å². The molecule has 0 radical (unpaired) electrons. The van der Waals surface area contributed by atoms with Crippen LogP contribution in [0.2, 0.25) is 5.15 Å². The number of fused-ring (bicyclic) bond motifs is 1. The molecule has 1 aromatic carbocycles. The summed E-state index contributed by atoms with van der Waals surface area (Å²) in [4.78, 5) is 20.3. The first kappa shape index (κ1) is 36.0. The third kappa shape index (κ3) is 6.00. The van der Waals surface area contributed by atoms with Gasteiger partial charge >= 0.3 is 5.97 Å². The third-order valence-corrected chi connectivity index (χ3v) is 13.5. The van der Waals surface area contributed by atoms with Crippen molar-refractivity contribution in [1.29, 1.82) is 0 Å². The standard InChI is InChI=1S/C42H51ClN6O4/c1-25-30-9-7-15-48(36(30)47-46-35(25)43)37-32(28-10-12-29(53-6)13-11-28)26(2)33(34(45-37)38(51)52)31-17-44-49(27(31)3)24-42-21-39(4)18-40(5,22-42)20-41(19-39,23-42)14-8-16-50/h10-13,17,50H,7-9,14-16,18-24H2,1-6H3,(H,51,52). The Labute approximate surface area is 316 Å². The van der Waals surface area contributed by atoms with Gasteiger partial charge in [-0.05, 0) is 135 Å². The normalized spacial score (nSPS) is 27.3. The monoisotopic (exact) mass is 738 g/mol. The summed E-state index contributed by atoms with van der Waals surface area (Å²) in [6, 6.07) is 7.83. The molecule has 2 N–H and O–H groups in total. The van der Waals surface area contributed by atoms with Crippen molar-refractivity contribution in [2.45, 2.75) is 105 Å². The highest BCUT2D eigenvalue weighted by Crippen LogP contribution is 2.75. The van der Waals surface area contributed by atoms with E-state index in [2.05, 4.69) is 35.7 Å². The highest BCUT2D eigenvalue weighted by Gasteiger charge is 2.65. The van der Waals surface area contributed by atoms with Crippen LogP contribution in [0.4, 0.5) is 11.6 Å². The molecular formula is C42H51ClN6O4. The van der Waals surface area contributed by atoms with Gasteiger partial charge in [-0.2, -0.15) is 5.10 Å². The van der Waals surface area contributed by atoms with Crippen LogP contribution in [0.25, 0.3) is 22.3 Å². The Morgan fingerprint density at radius 3 is 2.28 bits per heavy atom. The van der Waals surface area contributed by atoms with E-state index in [1.54, 1.807) is 7.11 Å². The molecule has 2 atom stereocenters. The van der Waals surface area contributed by atoms with Crippen LogP contribution in [-0.2, 0) is 13.0 Å². The number of pyridine rings is 1. The van der Waals surface area contributed by atoms with Crippen molar-refractivity contribution in [2.75, 3.05) is 25.2 Å². The Kier molecular flexibility index (Phi) is 8.69. The van der Waals surface area contributed by atoms with Crippen LogP contribution in [0.5, 0.6) is 5.75 Å². The molecule has 1 aliphatic heterocycles. The van der Waals surface area contributed by atoms with Gasteiger partial charge in [0, 0.05) is 47.6 Å². The van der Waals surface area contributed by atoms with Gasteiger partial charge in [-0.1, -0.05) is 37.6 Å². The molecule has 2 unspecified atom stereocenters. The number of anilines is 2. The number of methoxy groups -OCH3 is 1. The number of rotatable bonds is 10. The number of hydrogen-bond acceptors (Lipinski definition) is 8. The molecule has 53 heavy (non-hydrogen) atoms. The lowest BCUT2D eigenvalue weighted by atomic mass is 9.35. The molecule has 5 aliphatic rings. The molecule has 4 fully saturated rings. The summed E-state index contributed by atoms with van der Waals surface area (Å²) in [5.41, 5.74) is 7.63. The highest BCUT2D eigenvalue weighted by atomic mass is 35.5. The van der Waals surface area contributed by atoms with E-state index in [0.29, 0.717) is 28.9 Å². The Morgan fingerprint density at radius 2 is 1.62 bits per heavy atom. The fourth-order valence-electron chi connectivity index (χ4n) is 12.5. The molecule has 280 valence electrons. The minimum absolute atomic E-state index is 0.0130. The average Bonchev–Trinajstić information content (AvgIpc) is 3.44. The zero-order chi connectivity index (χ0) is 37.5. The number of carbonyl (C=O) groups is 1. The van der Waals surface area contributed by atoms with Crippen molar-refractivity contribution >= 4 is 29.2 Å². The smallest absolute Gasteiger partial charge is 0.355 e. The number of aliphatic hydroxyl groups is 1. The van der Waals surface area contributed by atoms with Gasteiger partial charge in [0.15, 0.2) is 16.7 Å². The topological polar surface area (TPSA) is 126 Å². The molecular weight excluding hydrogens is 688 g/mol. The summed E-state index contributed by atoms with van der Waals surface area (Å²) < 4.78 is 7.64. The number of aliphatic hydroxyl groups excluding tert-OH is 1. The number of aromatic carboxylic acids is 1. The second-order valence-corrected chi connectivity index (χ2v) is 18.0. The van der Waals surface area contributed by atoms with Gasteiger partial charge in [-0.25, -0.2) is 9.78 Å². The van der Waals surface area contributed by atoms with E-state index in [4.69, 9.17) is 26.4 Å². The second kappa shape index (κ2) is 12.8. The van der Waals surface area contributed by atoms with Crippen molar-refractivity contribution in [1.82, 2.24) is 25.0 Å². The van der Waals surface area contributed by atoms with Crippen molar-refractivity contribution in [3.05, 3.63) is 63.7 Å². The van der Waals surface area contributed by atoms with Gasteiger partial charge in [-0.3, -0.25) is 4.68 Å². The van der Waals surface area contributed by atoms with E-state index in [0.717, 1.165) is 83.5 Å². The van der Waals surface area contributed by atoms with E-state index in [1.807, 2.05) is 49.2 Å². The lowest BCUT2D eigenvalue weighted by Gasteiger charge is -2.70. The molecule has 0 spiro atoms. The third-order valence-electron chi connectivity index (χ3n) is 13.1. The molecule has 4 heterocycles. The SMILES string of the molecule is COc1ccc(-c2c(N3CCCc4c3nnc(Cl)c4C)nc(C(=O)O)c(-c3cnn(CC45CC6(C)CC(C)(CC(CCCO)(C6)C4)C5)c3C)c2C)cc1. The van der Waals surface area contributed by atoms with Crippen molar-refractivity contribution < 1.29 is 19.7 Å². The predicted octanol–water partition coefficient (Wildman–Crippen LogP) is 8.91. The number of carboxylic acids is 1. The molecule has 4 bridgehead atoms. The van der Waals surface area contributed by atoms with Crippen LogP contribution in [0.1, 0.15) is 105 Å². The van der Waals surface area contributed by atoms with Gasteiger partial charge in [0.2, 0.25) is 0 Å². The van der Waals surface area contributed by atoms with Gasteiger partial charge < -0.3 is 19.8 Å². The van der Waals surface area contributed by atoms with Crippen molar-refractivity contribution in [2.24, 2.45) is 21.7 Å². The van der Waals surface area contributed by atoms with Gasteiger partial charge in [0.25, 0.3) is 0 Å². The summed E-state index contributed by atoms with van der Waals surface area (Å²) in [5, 5.41) is 34.8. The maximum atomic E-state index is 13.3. The molecule has 9 rings (SSSR count). The fraction of sp³-hybridized carbons (Fsp3) is 0.548. The van der Waals surface area contributed by atoms with Crippen LogP contribution in [0.15, 0.2) is 30.5 Å². The maximum Gasteiger partial charge on any atom is 0.355 e. The first-order valence-corrected chi connectivity index (χ1v) is 19.4. The number of halogens is 1. The molecule has 0 amide bonds. The lowest BCUT2D eigenvalue weighted by molar-refractivity contribution is -0.198. The summed E-state index contributed by atoms with van der Waals surface area (Å²) in [5.74, 6) is 0.813. The Bertz CT molecular complexity index is 2090. The van der Waals surface area contributed by atoms with E-state index in [-0.39, 0.29) is 34.0 Å². The van der Waals surface area contributed by atoms with Crippen LogP contribution >= 0.6 is 11.6 Å². The van der Waals surface area contributed by atoms with Gasteiger partial charge in [-0.15, -0.1) is 10.2 Å². The second-order valence-electron chi connectivity index (χ2n) is 17.7. The number of benzene rings is 1. The molecule has 4 saturated carbocycles. The molecule has 3 aromatic heterocycles. The maximum absolute atomic E-state index is 13.3. The number of carboxylic acid groups (broad SMARTS) is 1. The zero-order valence-electron chi connectivity index (χ0n) is 31.9. The van der Waals surface area contributed by atoms with Crippen LogP contribution in [-0.4, -0.2) is 61.4 Å². The van der Waals surface area contributed by atoms with Crippen LogP contribution in [0.3, 0.4) is 0 Å². The largest absolute Gasteiger partial charge is 0.497 e. The van der Waals surface area contributed by atoms with Crippen LogP contribution < -0.4 is 9.64 Å². The van der Waals surface area contributed by atoms with Crippen molar-refractivity contribution in [3.8, 4) is 28.0 Å². The minimum Gasteiger partial charge on any atom is -0.497 e. The van der Waals surface area contributed by atoms with Crippen LogP contribution in [0, 0.1) is 42.4 Å². The summed E-state index contributed by atoms with van der Waals surface area (Å²) in [7, 11) is 1.64. The number of ether oxygens (including phenoxy) is 1. The van der Waals surface area contributed by atoms with E-state index >= 15 is 0 Å². The summed E-state index contributed by atoms with van der Waals surface area (Å²) >= 11 is 6.42. The Balaban J connectivity index is 1.26. The molecule has 11 heteroatoms. The number of aromatic nitrogens is 5. The average molecular weight is 739 g/mol. The quantitative estimate of drug-likeness (QED) is 0.164. The molecule has 10 nitrogen and oxygen atoms in total. The first-order valence-electron chi connectivity index (χ1n) is 19.1. The lowest BCUT2D eigenvalue weighted by Crippen LogP contribution is -2.60.